The van der Waals surface area contributed by atoms with Gasteiger partial charge in [-0.1, -0.05) is 0 Å². The molecule has 0 aromatic carbocycles. The van der Waals surface area contributed by atoms with Gasteiger partial charge in [-0.15, -0.1) is 0 Å². The maximum Gasteiger partial charge on any atom is 0.129 e. The normalized spacial score (nSPS) is 14.4. The van der Waals surface area contributed by atoms with Crippen LogP contribution in [0.5, 0.6) is 0 Å². The fourth-order valence-corrected chi connectivity index (χ4v) is 1.59. The molecule has 0 aliphatic carbocycles. The molecule has 0 saturated heterocycles. The second-order valence-corrected chi connectivity index (χ2v) is 4.41. The number of hydrogen-bond acceptors (Lipinski definition) is 5. The number of rotatable bonds is 12. The van der Waals surface area contributed by atoms with E-state index in [0.717, 1.165) is 6.42 Å². The minimum absolute atomic E-state index is 0.0500. The first kappa shape index (κ1) is 17.5. The lowest BCUT2D eigenvalue weighted by atomic mass is 10.0. The molecule has 0 saturated carbocycles. The van der Waals surface area contributed by atoms with E-state index < -0.39 is 0 Å². The van der Waals surface area contributed by atoms with Crippen LogP contribution in [0.1, 0.15) is 19.8 Å². The molecular formula is C13H26O5. The maximum absolute atomic E-state index is 10.9. The van der Waals surface area contributed by atoms with Crippen LogP contribution in [0.25, 0.3) is 0 Å². The number of ketones is 1. The van der Waals surface area contributed by atoms with E-state index in [1.165, 1.54) is 0 Å². The van der Waals surface area contributed by atoms with Crippen molar-refractivity contribution < 1.29 is 23.7 Å². The Balaban J connectivity index is 3.83. The summed E-state index contributed by atoms with van der Waals surface area (Å²) in [4.78, 5) is 10.9. The van der Waals surface area contributed by atoms with Gasteiger partial charge in [0.1, 0.15) is 11.9 Å². The summed E-state index contributed by atoms with van der Waals surface area (Å²) in [5.74, 6) is 0.448. The largest absolute Gasteiger partial charge is 0.384 e. The third-order valence-electron chi connectivity index (χ3n) is 2.65. The van der Waals surface area contributed by atoms with E-state index in [0.29, 0.717) is 32.8 Å². The molecule has 5 nitrogen and oxygen atoms in total. The summed E-state index contributed by atoms with van der Waals surface area (Å²) >= 11 is 0. The molecule has 0 aliphatic heterocycles. The summed E-state index contributed by atoms with van der Waals surface area (Å²) in [5.41, 5.74) is 0. The molecule has 0 bridgehead atoms. The van der Waals surface area contributed by atoms with Crippen LogP contribution in [0.15, 0.2) is 0 Å². The summed E-state index contributed by atoms with van der Waals surface area (Å²) in [6.07, 6.45) is 1.32. The quantitative estimate of drug-likeness (QED) is 0.530. The van der Waals surface area contributed by atoms with Crippen molar-refractivity contribution in [2.24, 2.45) is 5.92 Å². The van der Waals surface area contributed by atoms with E-state index in [1.807, 2.05) is 0 Å². The van der Waals surface area contributed by atoms with Gasteiger partial charge in [0.15, 0.2) is 0 Å². The van der Waals surface area contributed by atoms with Gasteiger partial charge in [0.25, 0.3) is 0 Å². The van der Waals surface area contributed by atoms with Gasteiger partial charge in [0.2, 0.25) is 0 Å². The van der Waals surface area contributed by atoms with Crippen LogP contribution < -0.4 is 0 Å². The zero-order chi connectivity index (χ0) is 13.8. The first-order valence-corrected chi connectivity index (χ1v) is 6.21. The fraction of sp³-hybridized carbons (Fsp3) is 0.923. The van der Waals surface area contributed by atoms with Crippen LogP contribution >= 0.6 is 0 Å². The minimum Gasteiger partial charge on any atom is -0.384 e. The van der Waals surface area contributed by atoms with Crippen molar-refractivity contribution in [3.63, 3.8) is 0 Å². The van der Waals surface area contributed by atoms with Gasteiger partial charge in [-0.25, -0.2) is 0 Å². The molecule has 0 rings (SSSR count). The van der Waals surface area contributed by atoms with Crippen molar-refractivity contribution in [2.45, 2.75) is 25.9 Å². The van der Waals surface area contributed by atoms with Crippen LogP contribution in [0.3, 0.4) is 0 Å². The van der Waals surface area contributed by atoms with Gasteiger partial charge in [-0.05, 0) is 13.3 Å². The van der Waals surface area contributed by atoms with Gasteiger partial charge >= 0.3 is 0 Å². The number of carbonyl (C=O) groups excluding carboxylic acids is 1. The molecule has 2 unspecified atom stereocenters. The first-order chi connectivity index (χ1) is 8.63. The molecule has 5 heteroatoms. The molecule has 108 valence electrons. The lowest BCUT2D eigenvalue weighted by Gasteiger charge is -2.18. The van der Waals surface area contributed by atoms with Crippen LogP contribution in [0, 0.1) is 5.92 Å². The van der Waals surface area contributed by atoms with Crippen molar-refractivity contribution >= 4 is 5.78 Å². The molecule has 2 atom stereocenters. The predicted octanol–water partition coefficient (Wildman–Crippen LogP) is 1.30. The van der Waals surface area contributed by atoms with Gasteiger partial charge in [0, 0.05) is 33.7 Å². The number of ether oxygens (including phenoxy) is 4. The molecule has 18 heavy (non-hydrogen) atoms. The summed E-state index contributed by atoms with van der Waals surface area (Å²) < 4.78 is 20.9. The van der Waals surface area contributed by atoms with Crippen molar-refractivity contribution in [1.29, 1.82) is 0 Å². The van der Waals surface area contributed by atoms with Gasteiger partial charge < -0.3 is 23.7 Å². The minimum atomic E-state index is -0.0500. The monoisotopic (exact) mass is 262 g/mol. The highest BCUT2D eigenvalue weighted by molar-refractivity contribution is 5.75. The van der Waals surface area contributed by atoms with Crippen molar-refractivity contribution in [1.82, 2.24) is 0 Å². The van der Waals surface area contributed by atoms with Gasteiger partial charge in [-0.3, -0.25) is 0 Å². The highest BCUT2D eigenvalue weighted by atomic mass is 16.5. The molecular weight excluding hydrogens is 236 g/mol. The van der Waals surface area contributed by atoms with Crippen LogP contribution in [0.4, 0.5) is 0 Å². The second-order valence-electron chi connectivity index (χ2n) is 4.41. The molecule has 0 aromatic rings. The van der Waals surface area contributed by atoms with Crippen molar-refractivity contribution in [3.8, 4) is 0 Å². The Kier molecular flexibility index (Phi) is 11.3. The predicted molar refractivity (Wildman–Crippen MR) is 68.8 cm³/mol. The summed E-state index contributed by atoms with van der Waals surface area (Å²) in [6, 6.07) is 0. The molecule has 0 radical (unpaired) electrons. The molecule has 0 aromatic heterocycles. The Morgan fingerprint density at radius 3 is 2.17 bits per heavy atom. The molecule has 0 amide bonds. The van der Waals surface area contributed by atoms with E-state index in [1.54, 1.807) is 28.3 Å². The number of Topliss-reactive ketones (excluding diaryl/α,β-unsaturated/α-hetero) is 1. The molecule has 0 N–H and O–H groups in total. The fourth-order valence-electron chi connectivity index (χ4n) is 1.59. The lowest BCUT2D eigenvalue weighted by Crippen LogP contribution is -2.26. The van der Waals surface area contributed by atoms with E-state index in [9.17, 15) is 4.79 Å². The molecule has 0 fully saturated rings. The van der Waals surface area contributed by atoms with Crippen molar-refractivity contribution in [2.75, 3.05) is 47.8 Å². The Hall–Kier alpha value is -0.490. The molecule has 0 heterocycles. The highest BCUT2D eigenvalue weighted by Gasteiger charge is 2.12. The van der Waals surface area contributed by atoms with Crippen LogP contribution in [-0.2, 0) is 23.7 Å². The number of carbonyl (C=O) groups is 1. The Bertz CT molecular complexity index is 208. The second kappa shape index (κ2) is 11.6. The SMILES string of the molecule is COCC(CCC(C)=O)COCC(COC)OC. The van der Waals surface area contributed by atoms with E-state index in [4.69, 9.17) is 18.9 Å². The summed E-state index contributed by atoms with van der Waals surface area (Å²) in [6.45, 7) is 3.79. The third kappa shape index (κ3) is 9.53. The standard InChI is InChI=1S/C13H26O5/c1-11(14)5-6-12(7-15-2)8-18-10-13(17-4)9-16-3/h12-13H,5-10H2,1-4H3. The van der Waals surface area contributed by atoms with Gasteiger partial charge in [-0.2, -0.15) is 0 Å². The zero-order valence-corrected chi connectivity index (χ0v) is 11.9. The Labute approximate surface area is 110 Å². The average Bonchev–Trinajstić information content (AvgIpc) is 2.34. The average molecular weight is 262 g/mol. The number of hydrogen-bond donors (Lipinski definition) is 0. The molecule has 0 spiro atoms. The van der Waals surface area contributed by atoms with Crippen LogP contribution in [-0.4, -0.2) is 59.6 Å². The highest BCUT2D eigenvalue weighted by Crippen LogP contribution is 2.09. The van der Waals surface area contributed by atoms with Crippen molar-refractivity contribution in [3.05, 3.63) is 0 Å². The number of methoxy groups -OCH3 is 3. The summed E-state index contributed by atoms with van der Waals surface area (Å²) in [7, 11) is 4.92. The zero-order valence-electron chi connectivity index (χ0n) is 11.9. The molecule has 0 aliphatic rings. The lowest BCUT2D eigenvalue weighted by molar-refractivity contribution is -0.117. The van der Waals surface area contributed by atoms with Gasteiger partial charge in [0.05, 0.1) is 26.4 Å². The maximum atomic E-state index is 10.9. The summed E-state index contributed by atoms with van der Waals surface area (Å²) in [5, 5.41) is 0. The van der Waals surface area contributed by atoms with E-state index in [-0.39, 0.29) is 17.8 Å². The Morgan fingerprint density at radius 2 is 1.67 bits per heavy atom. The smallest absolute Gasteiger partial charge is 0.129 e. The van der Waals surface area contributed by atoms with E-state index in [2.05, 4.69) is 0 Å². The van der Waals surface area contributed by atoms with Crippen LogP contribution in [0.2, 0.25) is 0 Å². The Morgan fingerprint density at radius 1 is 1.00 bits per heavy atom. The van der Waals surface area contributed by atoms with E-state index >= 15 is 0 Å². The first-order valence-electron chi connectivity index (χ1n) is 6.21. The topological polar surface area (TPSA) is 54.0 Å². The third-order valence-corrected chi connectivity index (χ3v) is 2.65.